The summed E-state index contributed by atoms with van der Waals surface area (Å²) in [5, 5.41) is 0.655. The van der Waals surface area contributed by atoms with Gasteiger partial charge in [0.1, 0.15) is 6.61 Å². The van der Waals surface area contributed by atoms with E-state index in [-0.39, 0.29) is 6.29 Å². The van der Waals surface area contributed by atoms with Crippen molar-refractivity contribution in [1.82, 2.24) is 0 Å². The van der Waals surface area contributed by atoms with Crippen LogP contribution >= 0.6 is 11.6 Å². The van der Waals surface area contributed by atoms with Crippen LogP contribution in [0, 0.1) is 18.8 Å². The number of ether oxygens (including phenoxy) is 2. The summed E-state index contributed by atoms with van der Waals surface area (Å²) in [6.45, 7) is 2.99. The van der Waals surface area contributed by atoms with E-state index in [1.807, 2.05) is 6.92 Å². The summed E-state index contributed by atoms with van der Waals surface area (Å²) in [6.07, 6.45) is 4.77. The molecule has 1 aromatic heterocycles. The Balaban J connectivity index is 1.94. The van der Waals surface area contributed by atoms with Crippen LogP contribution in [0.15, 0.2) is 12.3 Å². The fourth-order valence-electron chi connectivity index (χ4n) is 1.91. The fraction of sp³-hybridized carbons (Fsp3) is 0.500. The van der Waals surface area contributed by atoms with Crippen molar-refractivity contribution >= 4 is 11.6 Å². The van der Waals surface area contributed by atoms with Gasteiger partial charge in [-0.2, -0.15) is 0 Å². The predicted molar refractivity (Wildman–Crippen MR) is 73.0 cm³/mol. The summed E-state index contributed by atoms with van der Waals surface area (Å²) in [5.74, 6) is 11.7. The van der Waals surface area contributed by atoms with Crippen molar-refractivity contribution in [3.8, 4) is 11.8 Å². The number of rotatable bonds is 2. The monoisotopic (exact) mass is 281 g/mol. The highest BCUT2D eigenvalue weighted by molar-refractivity contribution is 6.31. The minimum atomic E-state index is -0.117. The Morgan fingerprint density at radius 1 is 1.58 bits per heavy atom. The van der Waals surface area contributed by atoms with Crippen LogP contribution in [0.3, 0.4) is 0 Å². The van der Waals surface area contributed by atoms with E-state index >= 15 is 0 Å². The van der Waals surface area contributed by atoms with Crippen LogP contribution in [-0.2, 0) is 9.47 Å². The molecule has 5 heteroatoms. The van der Waals surface area contributed by atoms with Crippen molar-refractivity contribution in [2.45, 2.75) is 32.5 Å². The zero-order valence-corrected chi connectivity index (χ0v) is 11.7. The quantitative estimate of drug-likeness (QED) is 0.508. The van der Waals surface area contributed by atoms with Gasteiger partial charge < -0.3 is 9.47 Å². The van der Waals surface area contributed by atoms with Crippen molar-refractivity contribution in [2.24, 2.45) is 0 Å². The third-order valence-electron chi connectivity index (χ3n) is 3.04. The van der Waals surface area contributed by atoms with Crippen molar-refractivity contribution < 1.29 is 14.1 Å². The second-order valence-corrected chi connectivity index (χ2v) is 4.86. The summed E-state index contributed by atoms with van der Waals surface area (Å²) in [6, 6.07) is 1.74. The lowest BCUT2D eigenvalue weighted by Crippen LogP contribution is -2.47. The molecule has 0 amide bonds. The number of aromatic nitrogens is 1. The highest BCUT2D eigenvalue weighted by Crippen LogP contribution is 2.14. The van der Waals surface area contributed by atoms with Gasteiger partial charge in [0.15, 0.2) is 6.29 Å². The van der Waals surface area contributed by atoms with Crippen LogP contribution < -0.4 is 10.5 Å². The van der Waals surface area contributed by atoms with Crippen molar-refractivity contribution in [1.29, 1.82) is 0 Å². The van der Waals surface area contributed by atoms with Crippen molar-refractivity contribution in [3.05, 3.63) is 28.5 Å². The van der Waals surface area contributed by atoms with Gasteiger partial charge in [-0.15, -0.1) is 0 Å². The highest BCUT2D eigenvalue weighted by atomic mass is 35.5. The molecule has 0 aromatic carbocycles. The molecule has 1 unspecified atom stereocenters. The van der Waals surface area contributed by atoms with Gasteiger partial charge in [-0.05, 0) is 26.2 Å². The molecule has 1 atom stereocenters. The first-order chi connectivity index (χ1) is 9.18. The molecule has 1 fully saturated rings. The Hall–Kier alpha value is -1.28. The first-order valence-corrected chi connectivity index (χ1v) is 6.74. The van der Waals surface area contributed by atoms with E-state index in [2.05, 4.69) is 11.8 Å². The minimum absolute atomic E-state index is 0.117. The molecule has 2 N–H and O–H groups in total. The zero-order valence-electron chi connectivity index (χ0n) is 11.0. The summed E-state index contributed by atoms with van der Waals surface area (Å²) in [4.78, 5) is 0. The molecule has 0 bridgehead atoms. The number of nitrogen functional groups attached to an aromatic ring is 1. The standard InChI is InChI=1S/C14H18ClN2O2/c1-11-12(15)7-8-17(16)13(11)5-4-10-19-14-6-2-3-9-18-14/h7-8,14H,2-3,6,9-10,16H2,1H3/q+1. The highest BCUT2D eigenvalue weighted by Gasteiger charge is 2.14. The smallest absolute Gasteiger partial charge is 0.290 e. The lowest BCUT2D eigenvalue weighted by atomic mass is 10.2. The lowest BCUT2D eigenvalue weighted by Gasteiger charge is -2.21. The molecule has 102 valence electrons. The van der Waals surface area contributed by atoms with Crippen LogP contribution in [0.25, 0.3) is 0 Å². The van der Waals surface area contributed by atoms with E-state index in [9.17, 15) is 0 Å². The van der Waals surface area contributed by atoms with Gasteiger partial charge in [-0.25, -0.2) is 5.84 Å². The van der Waals surface area contributed by atoms with Gasteiger partial charge >= 0.3 is 0 Å². The van der Waals surface area contributed by atoms with Crippen molar-refractivity contribution in [2.75, 3.05) is 19.1 Å². The maximum atomic E-state index is 6.03. The topological polar surface area (TPSA) is 48.4 Å². The van der Waals surface area contributed by atoms with E-state index in [4.69, 9.17) is 26.9 Å². The Bertz CT molecular complexity index is 502. The molecule has 1 aliphatic heterocycles. The first kappa shape index (κ1) is 14.1. The van der Waals surface area contributed by atoms with Gasteiger partial charge in [0.05, 0.1) is 10.6 Å². The third kappa shape index (κ3) is 3.84. The Kier molecular flexibility index (Phi) is 5.03. The Labute approximate surface area is 118 Å². The van der Waals surface area contributed by atoms with Gasteiger partial charge in [0.2, 0.25) is 6.20 Å². The molecule has 19 heavy (non-hydrogen) atoms. The number of pyridine rings is 1. The first-order valence-electron chi connectivity index (χ1n) is 6.36. The third-order valence-corrected chi connectivity index (χ3v) is 3.45. The molecule has 1 aliphatic rings. The van der Waals surface area contributed by atoms with Crippen molar-refractivity contribution in [3.63, 3.8) is 0 Å². The number of hydrogen-bond donors (Lipinski definition) is 1. The van der Waals surface area contributed by atoms with Crippen LogP contribution in [0.4, 0.5) is 0 Å². The molecule has 1 saturated heterocycles. The number of halogens is 1. The Morgan fingerprint density at radius 3 is 3.16 bits per heavy atom. The van der Waals surface area contributed by atoms with Gasteiger partial charge in [0, 0.05) is 18.6 Å². The second kappa shape index (κ2) is 6.76. The Morgan fingerprint density at radius 2 is 2.42 bits per heavy atom. The van der Waals surface area contributed by atoms with Crippen LogP contribution in [0.1, 0.15) is 30.5 Å². The number of hydrogen-bond acceptors (Lipinski definition) is 3. The zero-order chi connectivity index (χ0) is 13.7. The van der Waals surface area contributed by atoms with E-state index < -0.39 is 0 Å². The van der Waals surface area contributed by atoms with Gasteiger partial charge in [-0.3, -0.25) is 0 Å². The summed E-state index contributed by atoms with van der Waals surface area (Å²) in [7, 11) is 0. The van der Waals surface area contributed by atoms with E-state index in [0.717, 1.165) is 31.4 Å². The molecule has 1 aromatic rings. The normalized spacial score (nSPS) is 18.7. The molecule has 2 rings (SSSR count). The lowest BCUT2D eigenvalue weighted by molar-refractivity contribution is -0.641. The molecular formula is C14H18ClN2O2+. The van der Waals surface area contributed by atoms with E-state index in [1.165, 1.54) is 4.68 Å². The van der Waals surface area contributed by atoms with Gasteiger partial charge in [-0.1, -0.05) is 22.2 Å². The molecule has 0 aliphatic carbocycles. The van der Waals surface area contributed by atoms with Crippen LogP contribution in [-0.4, -0.2) is 19.5 Å². The number of nitrogens with zero attached hydrogens (tertiary/aromatic N) is 1. The maximum absolute atomic E-state index is 6.03. The average Bonchev–Trinajstić information content (AvgIpc) is 2.43. The summed E-state index contributed by atoms with van der Waals surface area (Å²) >= 11 is 6.03. The maximum Gasteiger partial charge on any atom is 0.290 e. The van der Waals surface area contributed by atoms with Crippen LogP contribution in [0.5, 0.6) is 0 Å². The molecular weight excluding hydrogens is 264 g/mol. The fourth-order valence-corrected chi connectivity index (χ4v) is 2.05. The SMILES string of the molecule is Cc1c(Cl)cc[n+](N)c1C#CCOC1CCCCO1. The summed E-state index contributed by atoms with van der Waals surface area (Å²) < 4.78 is 12.5. The second-order valence-electron chi connectivity index (χ2n) is 4.45. The largest absolute Gasteiger partial charge is 0.353 e. The predicted octanol–water partition coefficient (Wildman–Crippen LogP) is 1.54. The number of nitrogens with two attached hydrogens (primary N) is 1. The van der Waals surface area contributed by atoms with E-state index in [1.54, 1.807) is 12.3 Å². The van der Waals surface area contributed by atoms with E-state index in [0.29, 0.717) is 17.3 Å². The molecule has 2 heterocycles. The van der Waals surface area contributed by atoms with Gasteiger partial charge in [0.25, 0.3) is 5.69 Å². The average molecular weight is 282 g/mol. The van der Waals surface area contributed by atoms with Crippen LogP contribution in [0.2, 0.25) is 5.02 Å². The molecule has 0 radical (unpaired) electrons. The molecule has 0 spiro atoms. The molecule has 4 nitrogen and oxygen atoms in total. The minimum Gasteiger partial charge on any atom is -0.353 e. The summed E-state index contributed by atoms with van der Waals surface area (Å²) in [5.41, 5.74) is 1.56. The molecule has 0 saturated carbocycles.